The molecule has 0 aromatic heterocycles. The van der Waals surface area contributed by atoms with Gasteiger partial charge >= 0.3 is 0 Å². The number of rotatable bonds is 5. The number of hydrogen-bond acceptors (Lipinski definition) is 3. The lowest BCUT2D eigenvalue weighted by Gasteiger charge is -2.39. The van der Waals surface area contributed by atoms with E-state index in [-0.39, 0.29) is 28.7 Å². The highest BCUT2D eigenvalue weighted by molar-refractivity contribution is 6.30. The van der Waals surface area contributed by atoms with Crippen LogP contribution in [0.2, 0.25) is 10.0 Å². The first kappa shape index (κ1) is 26.0. The van der Waals surface area contributed by atoms with Crippen LogP contribution in [0.4, 0.5) is 0 Å². The van der Waals surface area contributed by atoms with Crippen LogP contribution in [0.1, 0.15) is 65.0 Å². The summed E-state index contributed by atoms with van der Waals surface area (Å²) in [5, 5.41) is 8.07. The summed E-state index contributed by atoms with van der Waals surface area (Å²) < 4.78 is 0. The zero-order valence-electron chi connectivity index (χ0n) is 20.5. The Morgan fingerprint density at radius 1 is 1.00 bits per heavy atom. The van der Waals surface area contributed by atoms with E-state index in [1.165, 1.54) is 0 Å². The lowest BCUT2D eigenvalue weighted by atomic mass is 9.68. The van der Waals surface area contributed by atoms with Crippen LogP contribution in [-0.4, -0.2) is 24.5 Å². The molecule has 0 saturated carbocycles. The van der Waals surface area contributed by atoms with Crippen molar-refractivity contribution >= 4 is 29.1 Å². The normalized spacial score (nSPS) is 25.8. The summed E-state index contributed by atoms with van der Waals surface area (Å²) in [6, 6.07) is 14.7. The van der Waals surface area contributed by atoms with Crippen LogP contribution in [0.15, 0.2) is 48.5 Å². The molecule has 4 N–H and O–H groups in total. The van der Waals surface area contributed by atoms with Crippen LogP contribution >= 0.6 is 23.2 Å². The molecular weight excluding hydrogens is 453 g/mol. The van der Waals surface area contributed by atoms with Crippen LogP contribution in [0.3, 0.4) is 0 Å². The quantitative estimate of drug-likeness (QED) is 0.491. The van der Waals surface area contributed by atoms with Crippen molar-refractivity contribution in [1.82, 2.24) is 10.6 Å². The molecule has 1 saturated heterocycles. The maximum absolute atomic E-state index is 13.6. The van der Waals surface area contributed by atoms with Gasteiger partial charge in [0.05, 0.1) is 11.6 Å². The van der Waals surface area contributed by atoms with Gasteiger partial charge in [-0.2, -0.15) is 0 Å². The molecule has 1 aliphatic rings. The molecule has 1 aliphatic heterocycles. The molecule has 0 spiro atoms. The van der Waals surface area contributed by atoms with E-state index in [1.54, 1.807) is 0 Å². The number of amides is 1. The third-order valence-corrected chi connectivity index (χ3v) is 6.74. The Labute approximate surface area is 208 Å². The molecule has 4 atom stereocenters. The lowest BCUT2D eigenvalue weighted by Crippen LogP contribution is -2.51. The number of carbonyl (C=O) groups excluding carboxylic acids is 1. The summed E-state index contributed by atoms with van der Waals surface area (Å²) in [5.74, 6) is -0.361. The van der Waals surface area contributed by atoms with Gasteiger partial charge in [-0.25, -0.2) is 0 Å². The summed E-state index contributed by atoms with van der Waals surface area (Å²) in [6.45, 7) is 13.5. The number of hydrogen-bond donors (Lipinski definition) is 3. The number of carbonyl (C=O) groups is 1. The number of halogens is 2. The zero-order valence-corrected chi connectivity index (χ0v) is 22.0. The van der Waals surface area contributed by atoms with Crippen LogP contribution in [0, 0.1) is 10.8 Å². The third-order valence-electron chi connectivity index (χ3n) is 6.25. The number of benzene rings is 2. The van der Waals surface area contributed by atoms with Gasteiger partial charge in [0.1, 0.15) is 0 Å². The van der Waals surface area contributed by atoms with Crippen molar-refractivity contribution in [2.75, 3.05) is 6.54 Å². The Morgan fingerprint density at radius 3 is 2.18 bits per heavy atom. The van der Waals surface area contributed by atoms with Crippen molar-refractivity contribution in [2.24, 2.45) is 16.6 Å². The molecule has 1 heterocycles. The fraction of sp³-hybridized carbons (Fsp3) is 0.519. The highest BCUT2D eigenvalue weighted by Gasteiger charge is 2.56. The van der Waals surface area contributed by atoms with Gasteiger partial charge in [0.25, 0.3) is 0 Å². The highest BCUT2D eigenvalue weighted by Crippen LogP contribution is 2.48. The second-order valence-corrected chi connectivity index (χ2v) is 12.6. The van der Waals surface area contributed by atoms with Gasteiger partial charge in [0, 0.05) is 28.5 Å². The van der Waals surface area contributed by atoms with Gasteiger partial charge < -0.3 is 16.4 Å². The molecular formula is C27H37Cl2N3O. The van der Waals surface area contributed by atoms with E-state index in [1.807, 2.05) is 48.5 Å². The van der Waals surface area contributed by atoms with E-state index < -0.39 is 11.6 Å². The first-order valence-corrected chi connectivity index (χ1v) is 12.3. The maximum Gasteiger partial charge on any atom is 0.237 e. The lowest BCUT2D eigenvalue weighted by molar-refractivity contribution is -0.123. The van der Waals surface area contributed by atoms with Crippen molar-refractivity contribution in [3.8, 4) is 0 Å². The van der Waals surface area contributed by atoms with Crippen molar-refractivity contribution < 1.29 is 4.79 Å². The molecule has 33 heavy (non-hydrogen) atoms. The standard InChI is InChI=1S/C27H37Cl2N3O/c1-25(2,3)15-21-27(30,18-10-12-19(28)13-11-18)22(17-8-7-9-20(29)14-17)23(32-21)24(33)31-16-26(4,5)6/h7-14,21-23,32H,15-16,30H2,1-6H3,(H,31,33)/t21-,22-,23+,27+/m0/s1. The van der Waals surface area contributed by atoms with Gasteiger partial charge in [-0.05, 0) is 52.6 Å². The topological polar surface area (TPSA) is 67.2 Å². The van der Waals surface area contributed by atoms with E-state index in [0.717, 1.165) is 17.5 Å². The van der Waals surface area contributed by atoms with E-state index in [0.29, 0.717) is 16.6 Å². The summed E-state index contributed by atoms with van der Waals surface area (Å²) >= 11 is 12.6. The maximum atomic E-state index is 13.6. The Balaban J connectivity index is 2.15. The van der Waals surface area contributed by atoms with Crippen molar-refractivity contribution in [3.05, 3.63) is 69.7 Å². The molecule has 0 bridgehead atoms. The fourth-order valence-electron chi connectivity index (χ4n) is 4.76. The highest BCUT2D eigenvalue weighted by atomic mass is 35.5. The molecule has 6 heteroatoms. The van der Waals surface area contributed by atoms with Gasteiger partial charge in [0.2, 0.25) is 5.91 Å². The van der Waals surface area contributed by atoms with Crippen molar-refractivity contribution in [1.29, 1.82) is 0 Å². The predicted octanol–water partition coefficient (Wildman–Crippen LogP) is 5.87. The third kappa shape index (κ3) is 6.10. The number of nitrogens with two attached hydrogens (primary N) is 1. The molecule has 0 radical (unpaired) electrons. The van der Waals surface area contributed by atoms with E-state index in [2.05, 4.69) is 52.2 Å². The largest absolute Gasteiger partial charge is 0.354 e. The average molecular weight is 491 g/mol. The summed E-state index contributed by atoms with van der Waals surface area (Å²) in [6.07, 6.45) is 0.798. The van der Waals surface area contributed by atoms with Crippen molar-refractivity contribution in [2.45, 2.75) is 71.5 Å². The summed E-state index contributed by atoms with van der Waals surface area (Å²) in [7, 11) is 0. The molecule has 180 valence electrons. The minimum atomic E-state index is -0.841. The van der Waals surface area contributed by atoms with Crippen LogP contribution in [0.25, 0.3) is 0 Å². The van der Waals surface area contributed by atoms with Crippen molar-refractivity contribution in [3.63, 3.8) is 0 Å². The van der Waals surface area contributed by atoms with Crippen LogP contribution in [-0.2, 0) is 10.3 Å². The van der Waals surface area contributed by atoms with Gasteiger partial charge in [-0.15, -0.1) is 0 Å². The van der Waals surface area contributed by atoms with E-state index >= 15 is 0 Å². The second-order valence-electron chi connectivity index (χ2n) is 11.7. The second kappa shape index (κ2) is 9.58. The minimum absolute atomic E-state index is 0.00434. The van der Waals surface area contributed by atoms with E-state index in [9.17, 15) is 4.79 Å². The Hall–Kier alpha value is -1.59. The van der Waals surface area contributed by atoms with E-state index in [4.69, 9.17) is 28.9 Å². The first-order valence-electron chi connectivity index (χ1n) is 11.5. The van der Waals surface area contributed by atoms with Gasteiger partial charge in [0.15, 0.2) is 0 Å². The average Bonchev–Trinajstić information content (AvgIpc) is 2.98. The zero-order chi connectivity index (χ0) is 24.6. The molecule has 4 nitrogen and oxygen atoms in total. The Bertz CT molecular complexity index is 978. The molecule has 1 fully saturated rings. The van der Waals surface area contributed by atoms with Crippen LogP contribution in [0.5, 0.6) is 0 Å². The minimum Gasteiger partial charge on any atom is -0.354 e. The summed E-state index contributed by atoms with van der Waals surface area (Å²) in [4.78, 5) is 13.6. The smallest absolute Gasteiger partial charge is 0.237 e. The predicted molar refractivity (Wildman–Crippen MR) is 139 cm³/mol. The Morgan fingerprint density at radius 2 is 1.64 bits per heavy atom. The molecule has 0 unspecified atom stereocenters. The molecule has 2 aromatic rings. The molecule has 3 rings (SSSR count). The SMILES string of the molecule is CC(C)(C)CNC(=O)[C@@H]1N[C@@H](CC(C)(C)C)[C@](N)(c2ccc(Cl)cc2)[C@H]1c1cccc(Cl)c1. The van der Waals surface area contributed by atoms with Crippen LogP contribution < -0.4 is 16.4 Å². The fourth-order valence-corrected chi connectivity index (χ4v) is 5.09. The van der Waals surface area contributed by atoms with Gasteiger partial charge in [-0.3, -0.25) is 4.79 Å². The molecule has 2 aromatic carbocycles. The summed E-state index contributed by atoms with van der Waals surface area (Å²) in [5.41, 5.74) is 8.42. The first-order chi connectivity index (χ1) is 15.2. The number of nitrogens with one attached hydrogen (secondary N) is 2. The molecule has 0 aliphatic carbocycles. The molecule has 1 amide bonds. The Kier molecular flexibility index (Phi) is 7.55. The monoisotopic (exact) mass is 489 g/mol. The van der Waals surface area contributed by atoms with Gasteiger partial charge in [-0.1, -0.05) is 89.0 Å².